The molecule has 0 saturated carbocycles. The molecule has 2 amide bonds. The first-order chi connectivity index (χ1) is 17.2. The molecule has 3 aromatic carbocycles. The van der Waals surface area contributed by atoms with Gasteiger partial charge in [-0.3, -0.25) is 9.59 Å². The lowest BCUT2D eigenvalue weighted by Crippen LogP contribution is -2.27. The highest BCUT2D eigenvalue weighted by molar-refractivity contribution is 9.10. The first-order valence-electron chi connectivity index (χ1n) is 12.2. The number of thiophene rings is 1. The summed E-state index contributed by atoms with van der Waals surface area (Å²) in [6.45, 7) is 6.83. The number of amides is 2. The van der Waals surface area contributed by atoms with Gasteiger partial charge in [-0.25, -0.2) is 0 Å². The van der Waals surface area contributed by atoms with E-state index >= 15 is 0 Å². The number of nitrogens with one attached hydrogen (secondary N) is 2. The van der Waals surface area contributed by atoms with E-state index in [0.717, 1.165) is 45.8 Å². The molecule has 0 spiro atoms. The van der Waals surface area contributed by atoms with Crippen LogP contribution in [0, 0.1) is 11.3 Å². The Hall–Kier alpha value is -2.96. The monoisotopic (exact) mass is 560 g/mol. The Morgan fingerprint density at radius 2 is 1.69 bits per heavy atom. The van der Waals surface area contributed by atoms with E-state index in [4.69, 9.17) is 0 Å². The van der Waals surface area contributed by atoms with Crippen molar-refractivity contribution in [1.29, 1.82) is 0 Å². The molecule has 0 radical (unpaired) electrons. The first-order valence-corrected chi connectivity index (χ1v) is 13.8. The highest BCUT2D eigenvalue weighted by Gasteiger charge is 2.34. The summed E-state index contributed by atoms with van der Waals surface area (Å²) in [5, 5.41) is 8.90. The number of carbonyl (C=O) groups excluding carboxylic acids is 2. The van der Waals surface area contributed by atoms with Crippen LogP contribution in [0.2, 0.25) is 0 Å². The standard InChI is InChI=1S/C30H29BrN2O2S/c1-30(2,3)20-14-15-23-25(17-20)36-29(33-27(34)19-10-6-11-21(31)16-19)26(23)28(35)32-24-13-7-9-18-8-4-5-12-22(18)24/h4-13,16,20H,14-15,17H2,1-3H3,(H,32,35)(H,33,34). The number of carbonyl (C=O) groups is 2. The van der Waals surface area contributed by atoms with Gasteiger partial charge in [0.1, 0.15) is 5.00 Å². The van der Waals surface area contributed by atoms with E-state index < -0.39 is 0 Å². The Labute approximate surface area is 224 Å². The zero-order chi connectivity index (χ0) is 25.4. The summed E-state index contributed by atoms with van der Waals surface area (Å²) in [4.78, 5) is 28.2. The molecule has 1 atom stereocenters. The molecular formula is C30H29BrN2O2S. The van der Waals surface area contributed by atoms with Gasteiger partial charge in [0.25, 0.3) is 11.8 Å². The zero-order valence-corrected chi connectivity index (χ0v) is 23.1. The molecule has 5 rings (SSSR count). The first kappa shape index (κ1) is 24.7. The summed E-state index contributed by atoms with van der Waals surface area (Å²) < 4.78 is 0.836. The molecule has 1 unspecified atom stereocenters. The Bertz CT molecular complexity index is 1460. The van der Waals surface area contributed by atoms with Crippen molar-refractivity contribution in [3.8, 4) is 0 Å². The van der Waals surface area contributed by atoms with Crippen molar-refractivity contribution in [2.75, 3.05) is 10.6 Å². The van der Waals surface area contributed by atoms with Crippen LogP contribution in [0.15, 0.2) is 71.2 Å². The Morgan fingerprint density at radius 1 is 0.944 bits per heavy atom. The van der Waals surface area contributed by atoms with Gasteiger partial charge >= 0.3 is 0 Å². The van der Waals surface area contributed by atoms with Crippen LogP contribution in [0.4, 0.5) is 10.7 Å². The quantitative estimate of drug-likeness (QED) is 0.263. The van der Waals surface area contributed by atoms with E-state index in [1.807, 2.05) is 54.6 Å². The van der Waals surface area contributed by atoms with E-state index in [0.29, 0.717) is 22.0 Å². The van der Waals surface area contributed by atoms with Crippen molar-refractivity contribution in [3.05, 3.63) is 92.8 Å². The largest absolute Gasteiger partial charge is 0.321 e. The minimum Gasteiger partial charge on any atom is -0.321 e. The third-order valence-corrected chi connectivity index (χ3v) is 8.73. The molecule has 4 aromatic rings. The predicted octanol–water partition coefficient (Wildman–Crippen LogP) is 8.32. The lowest BCUT2D eigenvalue weighted by atomic mass is 9.72. The van der Waals surface area contributed by atoms with Crippen LogP contribution in [-0.2, 0) is 12.8 Å². The summed E-state index contributed by atoms with van der Waals surface area (Å²) in [5.74, 6) is 0.135. The van der Waals surface area contributed by atoms with Crippen molar-refractivity contribution in [2.45, 2.75) is 40.0 Å². The van der Waals surface area contributed by atoms with Crippen molar-refractivity contribution >= 4 is 60.5 Å². The molecule has 2 N–H and O–H groups in total. The van der Waals surface area contributed by atoms with Gasteiger partial charge in [-0.1, -0.05) is 79.2 Å². The third-order valence-electron chi connectivity index (χ3n) is 7.07. The average Bonchev–Trinajstić information content (AvgIpc) is 3.21. The fourth-order valence-electron chi connectivity index (χ4n) is 4.98. The lowest BCUT2D eigenvalue weighted by molar-refractivity contribution is 0.102. The van der Waals surface area contributed by atoms with Gasteiger partial charge in [-0.2, -0.15) is 0 Å². The maximum Gasteiger partial charge on any atom is 0.258 e. The van der Waals surface area contributed by atoms with E-state index in [1.54, 1.807) is 23.5 Å². The molecule has 36 heavy (non-hydrogen) atoms. The zero-order valence-electron chi connectivity index (χ0n) is 20.7. The van der Waals surface area contributed by atoms with E-state index in [1.165, 1.54) is 4.88 Å². The van der Waals surface area contributed by atoms with Gasteiger partial charge in [-0.05, 0) is 65.8 Å². The van der Waals surface area contributed by atoms with E-state index in [9.17, 15) is 9.59 Å². The number of benzene rings is 3. The van der Waals surface area contributed by atoms with Gasteiger partial charge in [-0.15, -0.1) is 11.3 Å². The van der Waals surface area contributed by atoms with Crippen LogP contribution >= 0.6 is 27.3 Å². The fourth-order valence-corrected chi connectivity index (χ4v) is 6.70. The second kappa shape index (κ2) is 9.83. The number of anilines is 2. The van der Waals surface area contributed by atoms with Crippen molar-refractivity contribution < 1.29 is 9.59 Å². The van der Waals surface area contributed by atoms with Crippen LogP contribution in [0.1, 0.15) is 58.3 Å². The van der Waals surface area contributed by atoms with Crippen molar-refractivity contribution in [1.82, 2.24) is 0 Å². The molecule has 184 valence electrons. The molecule has 4 nitrogen and oxygen atoms in total. The normalized spacial score (nSPS) is 15.4. The summed E-state index contributed by atoms with van der Waals surface area (Å²) >= 11 is 4.99. The van der Waals surface area contributed by atoms with Gasteiger partial charge in [0, 0.05) is 26.0 Å². The second-order valence-corrected chi connectivity index (χ2v) is 12.5. The minimum absolute atomic E-state index is 0.178. The van der Waals surface area contributed by atoms with E-state index in [2.05, 4.69) is 47.3 Å². The van der Waals surface area contributed by atoms with Crippen LogP contribution < -0.4 is 10.6 Å². The summed E-state index contributed by atoms with van der Waals surface area (Å²) in [6, 6.07) is 21.2. The third kappa shape index (κ3) is 4.97. The summed E-state index contributed by atoms with van der Waals surface area (Å²) in [6.07, 6.45) is 2.78. The maximum absolute atomic E-state index is 13.8. The Kier molecular flexibility index (Phi) is 6.75. The molecule has 1 aliphatic carbocycles. The van der Waals surface area contributed by atoms with E-state index in [-0.39, 0.29) is 17.2 Å². The number of hydrogen-bond acceptors (Lipinski definition) is 3. The SMILES string of the molecule is CC(C)(C)C1CCc2c(sc(NC(=O)c3cccc(Br)c3)c2C(=O)Nc2cccc3ccccc23)C1. The topological polar surface area (TPSA) is 58.2 Å². The fraction of sp³-hybridized carbons (Fsp3) is 0.267. The lowest BCUT2D eigenvalue weighted by Gasteiger charge is -2.33. The van der Waals surface area contributed by atoms with Crippen molar-refractivity contribution in [3.63, 3.8) is 0 Å². The number of fused-ring (bicyclic) bond motifs is 2. The predicted molar refractivity (Wildman–Crippen MR) is 153 cm³/mol. The van der Waals surface area contributed by atoms with Crippen molar-refractivity contribution in [2.24, 2.45) is 11.3 Å². The molecule has 0 fully saturated rings. The van der Waals surface area contributed by atoms with Gasteiger partial charge in [0.05, 0.1) is 5.56 Å². The second-order valence-electron chi connectivity index (χ2n) is 10.5. The molecule has 1 aromatic heterocycles. The maximum atomic E-state index is 13.8. The minimum atomic E-state index is -0.221. The number of rotatable bonds is 4. The van der Waals surface area contributed by atoms with Gasteiger partial charge in [0.2, 0.25) is 0 Å². The molecule has 6 heteroatoms. The Balaban J connectivity index is 1.52. The molecule has 1 heterocycles. The molecular weight excluding hydrogens is 532 g/mol. The smallest absolute Gasteiger partial charge is 0.258 e. The van der Waals surface area contributed by atoms with Crippen LogP contribution in [0.3, 0.4) is 0 Å². The highest BCUT2D eigenvalue weighted by Crippen LogP contribution is 2.44. The Morgan fingerprint density at radius 3 is 2.47 bits per heavy atom. The summed E-state index contributed by atoms with van der Waals surface area (Å²) in [7, 11) is 0. The van der Waals surface area contributed by atoms with Crippen LogP contribution in [0.5, 0.6) is 0 Å². The average molecular weight is 562 g/mol. The van der Waals surface area contributed by atoms with Crippen LogP contribution in [0.25, 0.3) is 10.8 Å². The highest BCUT2D eigenvalue weighted by atomic mass is 79.9. The number of hydrogen-bond donors (Lipinski definition) is 2. The number of halogens is 1. The van der Waals surface area contributed by atoms with Gasteiger partial charge < -0.3 is 10.6 Å². The van der Waals surface area contributed by atoms with Crippen LogP contribution in [-0.4, -0.2) is 11.8 Å². The molecule has 0 aliphatic heterocycles. The van der Waals surface area contributed by atoms with Gasteiger partial charge in [0.15, 0.2) is 0 Å². The summed E-state index contributed by atoms with van der Waals surface area (Å²) in [5.41, 5.74) is 3.17. The molecule has 1 aliphatic rings. The molecule has 0 bridgehead atoms. The molecule has 0 saturated heterocycles.